The maximum absolute atomic E-state index is 12.9. The van der Waals surface area contributed by atoms with Gasteiger partial charge in [-0.1, -0.05) is 40.9 Å². The molecule has 1 fully saturated rings. The van der Waals surface area contributed by atoms with E-state index in [1.54, 1.807) is 32.3 Å². The molecule has 0 aromatic heterocycles. The summed E-state index contributed by atoms with van der Waals surface area (Å²) in [6.07, 6.45) is 0. The van der Waals surface area contributed by atoms with Crippen molar-refractivity contribution < 1.29 is 14.3 Å². The van der Waals surface area contributed by atoms with Crippen molar-refractivity contribution in [1.29, 1.82) is 0 Å². The molecule has 10 heteroatoms. The molecule has 1 aliphatic heterocycles. The highest BCUT2D eigenvalue weighted by molar-refractivity contribution is 6.42. The Bertz CT molecular complexity index is 1080. The number of carbonyl (C=O) groups is 2. The number of benzene rings is 2. The van der Waals surface area contributed by atoms with Crippen LogP contribution >= 0.6 is 34.8 Å². The largest absolute Gasteiger partial charge is 0.483 e. The van der Waals surface area contributed by atoms with Gasteiger partial charge in [0, 0.05) is 63.9 Å². The summed E-state index contributed by atoms with van der Waals surface area (Å²) in [6, 6.07) is 11.2. The first kappa shape index (κ1) is 28.5. The fraction of sp³-hybridized carbons (Fsp3) is 0.462. The number of piperazine rings is 1. The van der Waals surface area contributed by atoms with Crippen molar-refractivity contribution in [3.05, 3.63) is 62.6 Å². The Morgan fingerprint density at radius 1 is 1.00 bits per heavy atom. The maximum atomic E-state index is 12.9. The number of hydrogen-bond donors (Lipinski definition) is 1. The minimum absolute atomic E-state index is 0.171. The molecule has 0 saturated carbocycles. The summed E-state index contributed by atoms with van der Waals surface area (Å²) in [6.45, 7) is 8.05. The molecule has 2 aromatic carbocycles. The fourth-order valence-corrected chi connectivity index (χ4v) is 4.64. The van der Waals surface area contributed by atoms with E-state index >= 15 is 0 Å². The Morgan fingerprint density at radius 3 is 2.39 bits per heavy atom. The molecule has 0 spiro atoms. The third-order valence-corrected chi connectivity index (χ3v) is 7.31. The molecule has 3 rings (SSSR count). The van der Waals surface area contributed by atoms with Crippen molar-refractivity contribution in [2.45, 2.75) is 32.5 Å². The zero-order valence-electron chi connectivity index (χ0n) is 21.1. The van der Waals surface area contributed by atoms with Crippen LogP contribution in [0, 0.1) is 0 Å². The van der Waals surface area contributed by atoms with Crippen LogP contribution in [0.5, 0.6) is 5.75 Å². The van der Waals surface area contributed by atoms with Gasteiger partial charge in [-0.3, -0.25) is 19.4 Å². The lowest BCUT2D eigenvalue weighted by Gasteiger charge is -2.44. The van der Waals surface area contributed by atoms with Gasteiger partial charge in [-0.25, -0.2) is 0 Å². The second-order valence-corrected chi connectivity index (χ2v) is 10.6. The number of hydrogen-bond acceptors (Lipinski definition) is 5. The van der Waals surface area contributed by atoms with Gasteiger partial charge in [0.25, 0.3) is 11.8 Å². The minimum atomic E-state index is -0.266. The Kier molecular flexibility index (Phi) is 10.3. The van der Waals surface area contributed by atoms with Crippen molar-refractivity contribution in [3.63, 3.8) is 0 Å². The highest BCUT2D eigenvalue weighted by Crippen LogP contribution is 2.26. The molecule has 1 aliphatic rings. The second-order valence-electron chi connectivity index (χ2n) is 9.34. The number of nitrogens with zero attached hydrogens (tertiary/aromatic N) is 3. The standard InChI is InChI=1S/C26H33Cl3N4O3/c1-17-14-33(15-19-5-8-22(28)23(29)11-19)18(2)13-32(17)10-9-30-26(35)21-7-6-20(27)12-24(21)36-16-25(34)31(3)4/h5-8,11-12,17-18H,9-10,13-16H2,1-4H3,(H,30,35). The van der Waals surface area contributed by atoms with Crippen molar-refractivity contribution >= 4 is 46.6 Å². The molecular formula is C26H33Cl3N4O3. The molecule has 2 aromatic rings. The zero-order chi connectivity index (χ0) is 26.4. The highest BCUT2D eigenvalue weighted by atomic mass is 35.5. The summed E-state index contributed by atoms with van der Waals surface area (Å²) in [7, 11) is 3.29. The Hall–Kier alpha value is -2.03. The van der Waals surface area contributed by atoms with Gasteiger partial charge < -0.3 is 15.0 Å². The molecule has 36 heavy (non-hydrogen) atoms. The van der Waals surface area contributed by atoms with Crippen LogP contribution in [0.25, 0.3) is 0 Å². The number of nitrogens with one attached hydrogen (secondary N) is 1. The van der Waals surface area contributed by atoms with Crippen LogP contribution in [0.2, 0.25) is 15.1 Å². The van der Waals surface area contributed by atoms with Gasteiger partial charge in [0.1, 0.15) is 5.75 Å². The first-order chi connectivity index (χ1) is 17.0. The summed E-state index contributed by atoms with van der Waals surface area (Å²) in [5.74, 6) is -0.186. The molecule has 2 amide bonds. The van der Waals surface area contributed by atoms with Gasteiger partial charge >= 0.3 is 0 Å². The molecule has 0 aliphatic carbocycles. The summed E-state index contributed by atoms with van der Waals surface area (Å²) in [5.41, 5.74) is 1.48. The zero-order valence-corrected chi connectivity index (χ0v) is 23.3. The predicted molar refractivity (Wildman–Crippen MR) is 145 cm³/mol. The summed E-state index contributed by atoms with van der Waals surface area (Å²) >= 11 is 18.3. The quantitative estimate of drug-likeness (QED) is 0.496. The molecule has 1 saturated heterocycles. The van der Waals surface area contributed by atoms with E-state index < -0.39 is 0 Å². The molecule has 196 valence electrons. The SMILES string of the molecule is CC1CN(Cc2ccc(Cl)c(Cl)c2)C(C)CN1CCNC(=O)c1ccc(Cl)cc1OCC(=O)N(C)C. The molecule has 1 N–H and O–H groups in total. The minimum Gasteiger partial charge on any atom is -0.483 e. The Morgan fingerprint density at radius 2 is 1.69 bits per heavy atom. The third kappa shape index (κ3) is 7.73. The monoisotopic (exact) mass is 554 g/mol. The van der Waals surface area contributed by atoms with Gasteiger partial charge in [-0.15, -0.1) is 0 Å². The van der Waals surface area contributed by atoms with Crippen LogP contribution in [0.15, 0.2) is 36.4 Å². The lowest BCUT2D eigenvalue weighted by molar-refractivity contribution is -0.130. The van der Waals surface area contributed by atoms with E-state index in [1.165, 1.54) is 4.90 Å². The van der Waals surface area contributed by atoms with Crippen LogP contribution in [-0.4, -0.2) is 85.5 Å². The van der Waals surface area contributed by atoms with E-state index in [4.69, 9.17) is 39.5 Å². The molecule has 2 unspecified atom stereocenters. The molecule has 1 heterocycles. The van der Waals surface area contributed by atoms with E-state index in [0.717, 1.165) is 31.7 Å². The molecular weight excluding hydrogens is 523 g/mol. The van der Waals surface area contributed by atoms with Crippen LogP contribution in [0.3, 0.4) is 0 Å². The Balaban J connectivity index is 1.52. The van der Waals surface area contributed by atoms with Crippen molar-refractivity contribution in [1.82, 2.24) is 20.0 Å². The molecule has 7 nitrogen and oxygen atoms in total. The third-order valence-electron chi connectivity index (χ3n) is 6.34. The molecule has 2 atom stereocenters. The average Bonchev–Trinajstić information content (AvgIpc) is 2.82. The van der Waals surface area contributed by atoms with E-state index in [9.17, 15) is 9.59 Å². The second kappa shape index (κ2) is 13.0. The molecule has 0 bridgehead atoms. The maximum Gasteiger partial charge on any atom is 0.259 e. The highest BCUT2D eigenvalue weighted by Gasteiger charge is 2.29. The van der Waals surface area contributed by atoms with E-state index in [-0.39, 0.29) is 24.2 Å². The van der Waals surface area contributed by atoms with Crippen LogP contribution < -0.4 is 10.1 Å². The first-order valence-corrected chi connectivity index (χ1v) is 13.0. The van der Waals surface area contributed by atoms with Gasteiger partial charge in [0.2, 0.25) is 0 Å². The summed E-state index contributed by atoms with van der Waals surface area (Å²) in [4.78, 5) is 31.0. The summed E-state index contributed by atoms with van der Waals surface area (Å²) in [5, 5.41) is 4.54. The van der Waals surface area contributed by atoms with Gasteiger partial charge in [-0.2, -0.15) is 0 Å². The average molecular weight is 556 g/mol. The number of carbonyl (C=O) groups excluding carboxylic acids is 2. The number of rotatable bonds is 9. The topological polar surface area (TPSA) is 65.1 Å². The number of amides is 2. The van der Waals surface area contributed by atoms with Crippen molar-refractivity contribution in [2.24, 2.45) is 0 Å². The lowest BCUT2D eigenvalue weighted by Crippen LogP contribution is -2.57. The smallest absolute Gasteiger partial charge is 0.259 e. The van der Waals surface area contributed by atoms with Crippen molar-refractivity contribution in [2.75, 3.05) is 46.9 Å². The van der Waals surface area contributed by atoms with E-state index in [1.807, 2.05) is 18.2 Å². The van der Waals surface area contributed by atoms with Crippen LogP contribution in [0.1, 0.15) is 29.8 Å². The first-order valence-electron chi connectivity index (χ1n) is 11.9. The number of likely N-dealkylation sites (N-methyl/N-ethyl adjacent to an activating group) is 1. The summed E-state index contributed by atoms with van der Waals surface area (Å²) < 4.78 is 5.60. The molecule has 0 radical (unpaired) electrons. The number of halogens is 3. The van der Waals surface area contributed by atoms with E-state index in [0.29, 0.717) is 39.3 Å². The fourth-order valence-electron chi connectivity index (χ4n) is 4.15. The normalized spacial score (nSPS) is 18.6. The van der Waals surface area contributed by atoms with Gasteiger partial charge in [-0.05, 0) is 49.7 Å². The van der Waals surface area contributed by atoms with Crippen LogP contribution in [-0.2, 0) is 11.3 Å². The lowest BCUT2D eigenvalue weighted by atomic mass is 10.1. The van der Waals surface area contributed by atoms with Crippen LogP contribution in [0.4, 0.5) is 0 Å². The predicted octanol–water partition coefficient (Wildman–Crippen LogP) is 4.44. The van der Waals surface area contributed by atoms with E-state index in [2.05, 4.69) is 29.0 Å². The number of ether oxygens (including phenoxy) is 1. The van der Waals surface area contributed by atoms with Gasteiger partial charge in [0.05, 0.1) is 15.6 Å². The van der Waals surface area contributed by atoms with Gasteiger partial charge in [0.15, 0.2) is 6.61 Å². The Labute approximate surface area is 228 Å². The van der Waals surface area contributed by atoms with Crippen molar-refractivity contribution in [3.8, 4) is 5.75 Å².